The molecule has 0 fully saturated rings. The molecule has 0 bridgehead atoms. The Labute approximate surface area is 105 Å². The van der Waals surface area contributed by atoms with E-state index in [-0.39, 0.29) is 11.5 Å². The van der Waals surface area contributed by atoms with Gasteiger partial charge in [0.15, 0.2) is 11.2 Å². The summed E-state index contributed by atoms with van der Waals surface area (Å²) in [5.41, 5.74) is 0.566. The summed E-state index contributed by atoms with van der Waals surface area (Å²) in [6.45, 7) is 4.14. The molecule has 0 saturated carbocycles. The van der Waals surface area contributed by atoms with Crippen LogP contribution in [0.2, 0.25) is 0 Å². The van der Waals surface area contributed by atoms with Crippen molar-refractivity contribution >= 4 is 39.3 Å². The highest BCUT2D eigenvalue weighted by molar-refractivity contribution is 9.09. The third kappa shape index (κ3) is 2.33. The van der Waals surface area contributed by atoms with Gasteiger partial charge in [0, 0.05) is 18.1 Å². The van der Waals surface area contributed by atoms with Gasteiger partial charge in [0.05, 0.1) is 6.33 Å². The summed E-state index contributed by atoms with van der Waals surface area (Å²) < 4.78 is 1.69. The average molecular weight is 296 g/mol. The maximum atomic E-state index is 11.8. The quantitative estimate of drug-likeness (QED) is 0.526. The monoisotopic (exact) mass is 295 g/mol. The van der Waals surface area contributed by atoms with E-state index in [4.69, 9.17) is 0 Å². The van der Waals surface area contributed by atoms with Crippen LogP contribution in [0.4, 0.5) is 5.95 Å². The number of fused-ring (bicyclic) bond motifs is 1. The van der Waals surface area contributed by atoms with Crippen LogP contribution < -0.4 is 5.56 Å². The number of nitrogens with one attached hydrogen (secondary N) is 1. The summed E-state index contributed by atoms with van der Waals surface area (Å²) in [6, 6.07) is 0. The molecule has 88 valence electrons. The Morgan fingerprint density at radius 1 is 1.65 bits per heavy atom. The molecule has 17 heavy (non-hydrogen) atoms. The molecule has 0 unspecified atom stereocenters. The molecule has 0 aliphatic heterocycles. The maximum absolute atomic E-state index is 11.8. The van der Waals surface area contributed by atoms with Gasteiger partial charge in [-0.1, -0.05) is 22.0 Å². The zero-order valence-corrected chi connectivity index (χ0v) is 10.5. The molecule has 2 aromatic heterocycles. The molecule has 6 nitrogen and oxygen atoms in total. The van der Waals surface area contributed by atoms with Crippen LogP contribution >= 0.6 is 15.9 Å². The Morgan fingerprint density at radius 2 is 2.47 bits per heavy atom. The highest BCUT2D eigenvalue weighted by Gasteiger charge is 2.08. The van der Waals surface area contributed by atoms with E-state index in [2.05, 4.69) is 42.5 Å². The summed E-state index contributed by atoms with van der Waals surface area (Å²) >= 11 is 3.20. The number of alkyl halides is 1. The first-order chi connectivity index (χ1) is 8.26. The highest BCUT2D eigenvalue weighted by atomic mass is 79.9. The van der Waals surface area contributed by atoms with E-state index in [0.29, 0.717) is 23.0 Å². The van der Waals surface area contributed by atoms with Gasteiger partial charge in [0.25, 0.3) is 5.56 Å². The van der Waals surface area contributed by atoms with Crippen molar-refractivity contribution in [1.82, 2.24) is 19.5 Å². The van der Waals surface area contributed by atoms with Crippen LogP contribution in [0.15, 0.2) is 28.8 Å². The van der Waals surface area contributed by atoms with Crippen molar-refractivity contribution in [3.63, 3.8) is 0 Å². The zero-order chi connectivity index (χ0) is 12.3. The van der Waals surface area contributed by atoms with Crippen LogP contribution in [-0.2, 0) is 6.54 Å². The van der Waals surface area contributed by atoms with Gasteiger partial charge in [-0.3, -0.25) is 9.78 Å². The number of rotatable bonds is 4. The van der Waals surface area contributed by atoms with Gasteiger partial charge >= 0.3 is 0 Å². The van der Waals surface area contributed by atoms with Crippen LogP contribution in [0.5, 0.6) is 0 Å². The molecule has 2 heterocycles. The minimum atomic E-state index is -0.254. The van der Waals surface area contributed by atoms with Gasteiger partial charge < -0.3 is 4.57 Å². The van der Waals surface area contributed by atoms with Gasteiger partial charge in [-0.15, -0.1) is 6.58 Å². The fraction of sp³-hybridized carbons (Fsp3) is 0.200. The van der Waals surface area contributed by atoms with E-state index in [1.165, 1.54) is 0 Å². The number of halogens is 1. The second-order valence-corrected chi connectivity index (χ2v) is 3.86. The van der Waals surface area contributed by atoms with E-state index in [0.717, 1.165) is 0 Å². The number of aliphatic imine (C=N–C) groups is 1. The number of aromatic amines is 1. The lowest BCUT2D eigenvalue weighted by Gasteiger charge is -1.98. The van der Waals surface area contributed by atoms with Gasteiger partial charge in [0.1, 0.15) is 0 Å². The van der Waals surface area contributed by atoms with Crippen LogP contribution in [0.1, 0.15) is 0 Å². The minimum absolute atomic E-state index is 0.254. The molecule has 0 aliphatic carbocycles. The summed E-state index contributed by atoms with van der Waals surface area (Å²) in [6.07, 6.45) is 4.86. The molecule has 0 amide bonds. The average Bonchev–Trinajstić information content (AvgIpc) is 2.71. The molecule has 0 atom stereocenters. The topological polar surface area (TPSA) is 75.9 Å². The predicted molar refractivity (Wildman–Crippen MR) is 70.3 cm³/mol. The fourth-order valence-electron chi connectivity index (χ4n) is 1.43. The number of allylic oxidation sites excluding steroid dienone is 1. The lowest BCUT2D eigenvalue weighted by Crippen LogP contribution is -2.11. The number of imidazole rings is 1. The van der Waals surface area contributed by atoms with Crippen molar-refractivity contribution in [2.75, 3.05) is 5.33 Å². The lowest BCUT2D eigenvalue weighted by molar-refractivity contribution is 0.845. The third-order valence-electron chi connectivity index (χ3n) is 2.08. The third-order valence-corrected chi connectivity index (χ3v) is 2.37. The van der Waals surface area contributed by atoms with Gasteiger partial charge in [-0.2, -0.15) is 4.98 Å². The van der Waals surface area contributed by atoms with Crippen LogP contribution in [0.25, 0.3) is 11.2 Å². The molecule has 0 spiro atoms. The first-order valence-corrected chi connectivity index (χ1v) is 6.03. The fourth-order valence-corrected chi connectivity index (χ4v) is 1.58. The Kier molecular flexibility index (Phi) is 3.48. The molecule has 0 radical (unpaired) electrons. The van der Waals surface area contributed by atoms with E-state index >= 15 is 0 Å². The molecule has 0 aromatic carbocycles. The second-order valence-electron chi connectivity index (χ2n) is 3.21. The Hall–Kier alpha value is -1.76. The van der Waals surface area contributed by atoms with E-state index < -0.39 is 0 Å². The van der Waals surface area contributed by atoms with Gasteiger partial charge in [-0.25, -0.2) is 9.98 Å². The van der Waals surface area contributed by atoms with Gasteiger partial charge in [0.2, 0.25) is 5.95 Å². The van der Waals surface area contributed by atoms with E-state index in [9.17, 15) is 4.79 Å². The number of nitrogens with zero attached hydrogens (tertiary/aromatic N) is 4. The highest BCUT2D eigenvalue weighted by Crippen LogP contribution is 2.08. The summed E-state index contributed by atoms with van der Waals surface area (Å²) in [7, 11) is 0. The van der Waals surface area contributed by atoms with E-state index in [1.54, 1.807) is 23.2 Å². The van der Waals surface area contributed by atoms with Crippen LogP contribution in [0.3, 0.4) is 0 Å². The van der Waals surface area contributed by atoms with E-state index in [1.807, 2.05) is 0 Å². The number of aromatic nitrogens is 4. The van der Waals surface area contributed by atoms with Crippen molar-refractivity contribution in [3.05, 3.63) is 29.3 Å². The molecule has 0 aliphatic rings. The largest absolute Gasteiger partial charge is 0.321 e. The first-order valence-electron chi connectivity index (χ1n) is 4.90. The second kappa shape index (κ2) is 5.05. The van der Waals surface area contributed by atoms with Crippen LogP contribution in [0, 0.1) is 0 Å². The SMILES string of the molecule is C=CCn1cnc2nc(N=CCBr)[nH]c(=O)c21. The molecule has 2 rings (SSSR count). The van der Waals surface area contributed by atoms with Crippen molar-refractivity contribution in [3.8, 4) is 0 Å². The summed E-state index contributed by atoms with van der Waals surface area (Å²) in [5, 5.41) is 0.597. The number of hydrogen-bond acceptors (Lipinski definition) is 4. The minimum Gasteiger partial charge on any atom is -0.321 e. The predicted octanol–water partition coefficient (Wildman–Crippen LogP) is 1.40. The molecule has 0 saturated heterocycles. The van der Waals surface area contributed by atoms with Crippen molar-refractivity contribution in [2.24, 2.45) is 4.99 Å². The first kappa shape index (κ1) is 11.7. The Morgan fingerprint density at radius 3 is 3.18 bits per heavy atom. The van der Waals surface area contributed by atoms with Crippen molar-refractivity contribution in [2.45, 2.75) is 6.54 Å². The number of H-pyrrole nitrogens is 1. The standard InChI is InChI=1S/C10H10BrN5O/c1-2-5-16-6-13-8-7(16)9(17)15-10(14-8)12-4-3-11/h2,4,6H,1,3,5H2,(H,14,15,17). The molecule has 7 heteroatoms. The summed E-state index contributed by atoms with van der Waals surface area (Å²) in [5.74, 6) is 0.255. The molecule has 2 aromatic rings. The maximum Gasteiger partial charge on any atom is 0.278 e. The smallest absolute Gasteiger partial charge is 0.278 e. The van der Waals surface area contributed by atoms with Crippen molar-refractivity contribution < 1.29 is 0 Å². The lowest BCUT2D eigenvalue weighted by atomic mass is 10.5. The molecular formula is C10H10BrN5O. The molecule has 1 N–H and O–H groups in total. The Bertz CT molecular complexity index is 627. The number of hydrogen-bond donors (Lipinski definition) is 1. The van der Waals surface area contributed by atoms with Crippen LogP contribution in [-0.4, -0.2) is 31.1 Å². The van der Waals surface area contributed by atoms with Crippen molar-refractivity contribution in [1.29, 1.82) is 0 Å². The molecular weight excluding hydrogens is 286 g/mol. The summed E-state index contributed by atoms with van der Waals surface area (Å²) in [4.78, 5) is 26.6. The van der Waals surface area contributed by atoms with Gasteiger partial charge in [-0.05, 0) is 0 Å². The Balaban J connectivity index is 2.57. The normalized spacial score (nSPS) is 11.4. The zero-order valence-electron chi connectivity index (χ0n) is 8.93.